The number of hydrogen-bond acceptors (Lipinski definition) is 4. The van der Waals surface area contributed by atoms with Crippen LogP contribution in [0.5, 0.6) is 0 Å². The quantitative estimate of drug-likeness (QED) is 0.596. The molecule has 1 heterocycles. The minimum absolute atomic E-state index is 0.0595. The minimum Gasteiger partial charge on any atom is -0.321 e. The Bertz CT molecular complexity index is 620. The van der Waals surface area contributed by atoms with Crippen molar-refractivity contribution in [2.45, 2.75) is 0 Å². The SMILES string of the molecule is NNc1c(F)cccc1C(=O)Nc1ncccc1Cl. The standard InChI is InChI=1S/C12H10ClFN4O/c13-8-4-2-6-16-11(8)17-12(19)7-3-1-5-9(14)10(7)18-15/h1-6,18H,15H2,(H,16,17,19). The van der Waals surface area contributed by atoms with E-state index in [4.69, 9.17) is 17.4 Å². The molecule has 0 bridgehead atoms. The summed E-state index contributed by atoms with van der Waals surface area (Å²) < 4.78 is 13.5. The molecule has 1 aromatic carbocycles. The van der Waals surface area contributed by atoms with Crippen LogP contribution in [-0.2, 0) is 0 Å². The van der Waals surface area contributed by atoms with Gasteiger partial charge in [-0.3, -0.25) is 10.6 Å². The zero-order chi connectivity index (χ0) is 13.8. The van der Waals surface area contributed by atoms with E-state index in [1.807, 2.05) is 0 Å². The Balaban J connectivity index is 2.31. The summed E-state index contributed by atoms with van der Waals surface area (Å²) in [6, 6.07) is 7.25. The van der Waals surface area contributed by atoms with Gasteiger partial charge < -0.3 is 10.7 Å². The van der Waals surface area contributed by atoms with Crippen molar-refractivity contribution in [3.8, 4) is 0 Å². The summed E-state index contributed by atoms with van der Waals surface area (Å²) in [6.07, 6.45) is 1.48. The van der Waals surface area contributed by atoms with Crippen molar-refractivity contribution in [2.75, 3.05) is 10.7 Å². The number of aromatic nitrogens is 1. The van der Waals surface area contributed by atoms with Crippen LogP contribution in [0.3, 0.4) is 0 Å². The van der Waals surface area contributed by atoms with Gasteiger partial charge in [0.05, 0.1) is 16.3 Å². The largest absolute Gasteiger partial charge is 0.321 e. The van der Waals surface area contributed by atoms with Crippen molar-refractivity contribution in [2.24, 2.45) is 5.84 Å². The summed E-state index contributed by atoms with van der Waals surface area (Å²) in [6.45, 7) is 0. The molecule has 0 aliphatic heterocycles. The average Bonchev–Trinajstić information content (AvgIpc) is 2.41. The second kappa shape index (κ2) is 5.64. The van der Waals surface area contributed by atoms with Crippen LogP contribution in [0, 0.1) is 5.82 Å². The van der Waals surface area contributed by atoms with Gasteiger partial charge in [0, 0.05) is 6.20 Å². The monoisotopic (exact) mass is 280 g/mol. The Morgan fingerprint density at radius 2 is 2.11 bits per heavy atom. The molecule has 2 aromatic rings. The number of nitrogens with one attached hydrogen (secondary N) is 2. The van der Waals surface area contributed by atoms with Gasteiger partial charge in [-0.05, 0) is 24.3 Å². The molecular formula is C12H10ClFN4O. The fourth-order valence-corrected chi connectivity index (χ4v) is 1.68. The van der Waals surface area contributed by atoms with Crippen molar-refractivity contribution >= 4 is 29.0 Å². The van der Waals surface area contributed by atoms with Gasteiger partial charge in [-0.1, -0.05) is 17.7 Å². The van der Waals surface area contributed by atoms with E-state index in [2.05, 4.69) is 15.7 Å². The number of hydrazine groups is 1. The van der Waals surface area contributed by atoms with Crippen molar-refractivity contribution < 1.29 is 9.18 Å². The number of para-hydroxylation sites is 1. The summed E-state index contributed by atoms with van der Waals surface area (Å²) in [4.78, 5) is 15.9. The lowest BCUT2D eigenvalue weighted by Crippen LogP contribution is -2.19. The van der Waals surface area contributed by atoms with Gasteiger partial charge in [0.2, 0.25) is 0 Å². The van der Waals surface area contributed by atoms with Crippen LogP contribution < -0.4 is 16.6 Å². The number of anilines is 2. The summed E-state index contributed by atoms with van der Waals surface area (Å²) in [5.74, 6) is 4.21. The molecule has 0 aliphatic carbocycles. The second-order valence-electron chi connectivity index (χ2n) is 3.59. The maximum atomic E-state index is 13.5. The smallest absolute Gasteiger partial charge is 0.259 e. The van der Waals surface area contributed by atoms with Gasteiger partial charge in [-0.15, -0.1) is 0 Å². The molecule has 0 unspecified atom stereocenters. The maximum absolute atomic E-state index is 13.5. The molecule has 5 nitrogen and oxygen atoms in total. The first kappa shape index (κ1) is 13.3. The highest BCUT2D eigenvalue weighted by Gasteiger charge is 2.15. The van der Waals surface area contributed by atoms with Crippen molar-refractivity contribution in [3.63, 3.8) is 0 Å². The maximum Gasteiger partial charge on any atom is 0.259 e. The number of nitrogens with zero attached hydrogens (tertiary/aromatic N) is 1. The number of amides is 1. The zero-order valence-corrected chi connectivity index (χ0v) is 10.4. The third-order valence-corrected chi connectivity index (χ3v) is 2.70. The summed E-state index contributed by atoms with van der Waals surface area (Å²) in [5, 5.41) is 2.77. The predicted octanol–water partition coefficient (Wildman–Crippen LogP) is 2.41. The molecule has 98 valence electrons. The van der Waals surface area contributed by atoms with Gasteiger partial charge in [0.25, 0.3) is 5.91 Å². The second-order valence-corrected chi connectivity index (χ2v) is 4.00. The molecule has 0 radical (unpaired) electrons. The summed E-state index contributed by atoms with van der Waals surface area (Å²) in [5.41, 5.74) is 2.12. The lowest BCUT2D eigenvalue weighted by atomic mass is 10.1. The third kappa shape index (κ3) is 2.81. The van der Waals surface area contributed by atoms with E-state index in [0.29, 0.717) is 0 Å². The number of halogens is 2. The van der Waals surface area contributed by atoms with Gasteiger partial charge >= 0.3 is 0 Å². The van der Waals surface area contributed by atoms with Gasteiger partial charge in [-0.25, -0.2) is 9.37 Å². The molecule has 0 aliphatic rings. The molecule has 19 heavy (non-hydrogen) atoms. The van der Waals surface area contributed by atoms with Crippen LogP contribution in [0.25, 0.3) is 0 Å². The Morgan fingerprint density at radius 1 is 1.32 bits per heavy atom. The molecule has 0 saturated carbocycles. The van der Waals surface area contributed by atoms with Crippen LogP contribution in [0.4, 0.5) is 15.9 Å². The van der Waals surface area contributed by atoms with E-state index >= 15 is 0 Å². The topological polar surface area (TPSA) is 80.0 Å². The average molecular weight is 281 g/mol. The highest BCUT2D eigenvalue weighted by atomic mass is 35.5. The highest BCUT2D eigenvalue weighted by molar-refractivity contribution is 6.33. The van der Waals surface area contributed by atoms with Crippen LogP contribution in [0.2, 0.25) is 5.02 Å². The first-order valence-corrected chi connectivity index (χ1v) is 5.68. The summed E-state index contributed by atoms with van der Waals surface area (Å²) in [7, 11) is 0. The molecule has 0 saturated heterocycles. The number of rotatable bonds is 3. The van der Waals surface area contributed by atoms with E-state index in [0.717, 1.165) is 0 Å². The number of hydrogen-bond donors (Lipinski definition) is 3. The van der Waals surface area contributed by atoms with E-state index in [1.165, 1.54) is 24.4 Å². The van der Waals surface area contributed by atoms with Crippen LogP contribution in [0.15, 0.2) is 36.5 Å². The lowest BCUT2D eigenvalue weighted by Gasteiger charge is -2.10. The van der Waals surface area contributed by atoms with Crippen molar-refractivity contribution in [1.82, 2.24) is 4.98 Å². The van der Waals surface area contributed by atoms with Gasteiger partial charge in [0.15, 0.2) is 5.82 Å². The Morgan fingerprint density at radius 3 is 2.79 bits per heavy atom. The molecule has 0 atom stereocenters. The molecule has 2 rings (SSSR count). The first-order chi connectivity index (χ1) is 9.13. The van der Waals surface area contributed by atoms with Crippen LogP contribution in [-0.4, -0.2) is 10.9 Å². The normalized spacial score (nSPS) is 10.1. The highest BCUT2D eigenvalue weighted by Crippen LogP contribution is 2.22. The van der Waals surface area contributed by atoms with E-state index in [1.54, 1.807) is 12.1 Å². The summed E-state index contributed by atoms with van der Waals surface area (Å²) >= 11 is 5.87. The molecule has 0 fully saturated rings. The van der Waals surface area contributed by atoms with Crippen LogP contribution in [0.1, 0.15) is 10.4 Å². The number of benzene rings is 1. The fraction of sp³-hybridized carbons (Fsp3) is 0. The number of nitrogens with two attached hydrogens (primary N) is 1. The molecular weight excluding hydrogens is 271 g/mol. The Labute approximate surface area is 113 Å². The van der Waals surface area contributed by atoms with E-state index in [-0.39, 0.29) is 22.1 Å². The van der Waals surface area contributed by atoms with E-state index in [9.17, 15) is 9.18 Å². The Kier molecular flexibility index (Phi) is 3.94. The predicted molar refractivity (Wildman–Crippen MR) is 71.4 cm³/mol. The van der Waals surface area contributed by atoms with Gasteiger partial charge in [-0.2, -0.15) is 0 Å². The van der Waals surface area contributed by atoms with E-state index < -0.39 is 11.7 Å². The zero-order valence-electron chi connectivity index (χ0n) is 9.65. The Hall–Kier alpha value is -2.18. The lowest BCUT2D eigenvalue weighted by molar-refractivity contribution is 0.102. The fourth-order valence-electron chi connectivity index (χ4n) is 1.51. The molecule has 0 spiro atoms. The van der Waals surface area contributed by atoms with Crippen molar-refractivity contribution in [3.05, 3.63) is 52.9 Å². The molecule has 4 N–H and O–H groups in total. The number of pyridine rings is 1. The third-order valence-electron chi connectivity index (χ3n) is 2.39. The molecule has 7 heteroatoms. The number of carbonyl (C=O) groups is 1. The minimum atomic E-state index is -0.623. The molecule has 1 amide bonds. The number of nitrogen functional groups attached to an aromatic ring is 1. The van der Waals surface area contributed by atoms with Crippen molar-refractivity contribution in [1.29, 1.82) is 0 Å². The molecule has 1 aromatic heterocycles. The number of carbonyl (C=O) groups excluding carboxylic acids is 1. The van der Waals surface area contributed by atoms with Gasteiger partial charge in [0.1, 0.15) is 5.82 Å². The first-order valence-electron chi connectivity index (χ1n) is 5.30. The van der Waals surface area contributed by atoms with Crippen LogP contribution >= 0.6 is 11.6 Å².